The number of carbonyl (C=O) groups is 1. The van der Waals surface area contributed by atoms with Gasteiger partial charge in [0.05, 0.1) is 5.52 Å². The predicted molar refractivity (Wildman–Crippen MR) is 89.2 cm³/mol. The zero-order valence-corrected chi connectivity index (χ0v) is 13.8. The number of rotatable bonds is 4. The van der Waals surface area contributed by atoms with Gasteiger partial charge in [-0.05, 0) is 17.9 Å². The minimum Gasteiger partial charge on any atom is -0.490 e. The molecule has 1 fully saturated rings. The second-order valence-corrected chi connectivity index (χ2v) is 6.62. The van der Waals surface area contributed by atoms with Crippen molar-refractivity contribution in [3.05, 3.63) is 24.4 Å². The van der Waals surface area contributed by atoms with E-state index in [0.717, 1.165) is 27.6 Å². The fourth-order valence-electron chi connectivity index (χ4n) is 2.62. The first kappa shape index (κ1) is 15.9. The molecule has 3 rings (SSSR count). The molecule has 122 valence electrons. The first-order chi connectivity index (χ1) is 11.2. The smallest absolute Gasteiger partial charge is 0.407 e. The molecule has 6 nitrogen and oxygen atoms in total. The zero-order chi connectivity index (χ0) is 16.2. The maximum Gasteiger partial charge on any atom is 0.407 e. The third-order valence-corrected chi connectivity index (χ3v) is 4.56. The number of nitrogens with zero attached hydrogens (tertiary/aromatic N) is 3. The largest absolute Gasteiger partial charge is 0.490 e. The van der Waals surface area contributed by atoms with Crippen LogP contribution in [0.3, 0.4) is 0 Å². The monoisotopic (exact) mass is 333 g/mol. The molecular weight excluding hydrogens is 314 g/mol. The second-order valence-electron chi connectivity index (χ2n) is 5.39. The number of piperidine rings is 1. The number of fused-ring (bicyclic) bond motifs is 1. The van der Waals surface area contributed by atoms with Crippen LogP contribution >= 0.6 is 11.8 Å². The summed E-state index contributed by atoms with van der Waals surface area (Å²) in [7, 11) is 0. The standard InChI is InChI=1S/C16H19N3O3S/c1-2-23-15-17-10-11-3-4-13(9-14(11)18-15)22-12-5-7-19(8-6-12)16(20)21/h3-4,9-10,12H,2,5-8H2,1H3,(H,20,21). The summed E-state index contributed by atoms with van der Waals surface area (Å²) < 4.78 is 6.00. The summed E-state index contributed by atoms with van der Waals surface area (Å²) in [5.74, 6) is 1.71. The van der Waals surface area contributed by atoms with Gasteiger partial charge in [-0.3, -0.25) is 0 Å². The van der Waals surface area contributed by atoms with Gasteiger partial charge in [0.25, 0.3) is 0 Å². The lowest BCUT2D eigenvalue weighted by molar-refractivity contribution is 0.0895. The van der Waals surface area contributed by atoms with E-state index in [1.807, 2.05) is 24.4 Å². The van der Waals surface area contributed by atoms with Crippen molar-refractivity contribution in [3.63, 3.8) is 0 Å². The van der Waals surface area contributed by atoms with Crippen LogP contribution in [0.5, 0.6) is 5.75 Å². The topological polar surface area (TPSA) is 75.5 Å². The molecule has 1 saturated heterocycles. The highest BCUT2D eigenvalue weighted by atomic mass is 32.2. The van der Waals surface area contributed by atoms with E-state index >= 15 is 0 Å². The highest BCUT2D eigenvalue weighted by Crippen LogP contribution is 2.24. The van der Waals surface area contributed by atoms with E-state index in [-0.39, 0.29) is 6.10 Å². The van der Waals surface area contributed by atoms with Crippen LogP contribution in [-0.4, -0.2) is 51.0 Å². The SMILES string of the molecule is CCSc1ncc2ccc(OC3CCN(C(=O)O)CC3)cc2n1. The van der Waals surface area contributed by atoms with Gasteiger partial charge in [0.1, 0.15) is 11.9 Å². The molecule has 0 bridgehead atoms. The van der Waals surface area contributed by atoms with Crippen molar-refractivity contribution in [1.82, 2.24) is 14.9 Å². The van der Waals surface area contributed by atoms with Crippen molar-refractivity contribution in [3.8, 4) is 5.75 Å². The number of thioether (sulfide) groups is 1. The van der Waals surface area contributed by atoms with Crippen molar-refractivity contribution in [2.24, 2.45) is 0 Å². The first-order valence-corrected chi connectivity index (χ1v) is 8.68. The maximum atomic E-state index is 10.9. The van der Waals surface area contributed by atoms with Crippen LogP contribution in [-0.2, 0) is 0 Å². The molecule has 0 aliphatic carbocycles. The molecule has 0 saturated carbocycles. The molecule has 0 radical (unpaired) electrons. The molecule has 1 amide bonds. The van der Waals surface area contributed by atoms with Gasteiger partial charge in [-0.1, -0.05) is 18.7 Å². The summed E-state index contributed by atoms with van der Waals surface area (Å²) in [5, 5.41) is 10.7. The Hall–Kier alpha value is -2.02. The Balaban J connectivity index is 1.69. The predicted octanol–water partition coefficient (Wildman–Crippen LogP) is 3.26. The first-order valence-electron chi connectivity index (χ1n) is 7.70. The molecule has 0 spiro atoms. The number of likely N-dealkylation sites (tertiary alicyclic amines) is 1. The van der Waals surface area contributed by atoms with Crippen LogP contribution in [0.1, 0.15) is 19.8 Å². The van der Waals surface area contributed by atoms with Crippen LogP contribution in [0, 0.1) is 0 Å². The fraction of sp³-hybridized carbons (Fsp3) is 0.438. The Morgan fingerprint density at radius 2 is 2.22 bits per heavy atom. The number of carboxylic acid groups (broad SMARTS) is 1. The van der Waals surface area contributed by atoms with Gasteiger partial charge in [-0.2, -0.15) is 0 Å². The molecular formula is C16H19N3O3S. The van der Waals surface area contributed by atoms with Gasteiger partial charge in [0, 0.05) is 43.6 Å². The van der Waals surface area contributed by atoms with Gasteiger partial charge in [0.2, 0.25) is 0 Å². The Labute approximate surface area is 138 Å². The van der Waals surface area contributed by atoms with E-state index in [9.17, 15) is 4.79 Å². The van der Waals surface area contributed by atoms with E-state index < -0.39 is 6.09 Å². The highest BCUT2D eigenvalue weighted by Gasteiger charge is 2.23. The van der Waals surface area contributed by atoms with E-state index in [1.54, 1.807) is 11.8 Å². The van der Waals surface area contributed by atoms with E-state index in [0.29, 0.717) is 25.9 Å². The molecule has 23 heavy (non-hydrogen) atoms. The molecule has 1 aromatic carbocycles. The quantitative estimate of drug-likeness (QED) is 0.684. The highest BCUT2D eigenvalue weighted by molar-refractivity contribution is 7.99. The molecule has 1 aliphatic rings. The average molecular weight is 333 g/mol. The van der Waals surface area contributed by atoms with Gasteiger partial charge in [-0.25, -0.2) is 14.8 Å². The van der Waals surface area contributed by atoms with Crippen molar-refractivity contribution in [2.75, 3.05) is 18.8 Å². The third kappa shape index (κ3) is 3.85. The zero-order valence-electron chi connectivity index (χ0n) is 12.9. The lowest BCUT2D eigenvalue weighted by atomic mass is 10.1. The van der Waals surface area contributed by atoms with Crippen molar-refractivity contribution in [1.29, 1.82) is 0 Å². The Morgan fingerprint density at radius 1 is 1.43 bits per heavy atom. The summed E-state index contributed by atoms with van der Waals surface area (Å²) >= 11 is 1.61. The minimum absolute atomic E-state index is 0.0503. The molecule has 7 heteroatoms. The normalized spacial score (nSPS) is 15.8. The minimum atomic E-state index is -0.855. The third-order valence-electron chi connectivity index (χ3n) is 3.82. The van der Waals surface area contributed by atoms with Crippen LogP contribution in [0.25, 0.3) is 10.9 Å². The summed E-state index contributed by atoms with van der Waals surface area (Å²) in [6, 6.07) is 5.81. The molecule has 2 heterocycles. The molecule has 1 N–H and O–H groups in total. The van der Waals surface area contributed by atoms with E-state index in [2.05, 4.69) is 16.9 Å². The molecule has 0 atom stereocenters. The van der Waals surface area contributed by atoms with Crippen molar-refractivity contribution in [2.45, 2.75) is 31.0 Å². The number of hydrogen-bond acceptors (Lipinski definition) is 5. The second kappa shape index (κ2) is 7.04. The van der Waals surface area contributed by atoms with Crippen LogP contribution in [0.2, 0.25) is 0 Å². The Kier molecular flexibility index (Phi) is 4.85. The summed E-state index contributed by atoms with van der Waals surface area (Å²) in [4.78, 5) is 21.2. The lowest BCUT2D eigenvalue weighted by Crippen LogP contribution is -2.41. The molecule has 1 aliphatic heterocycles. The van der Waals surface area contributed by atoms with Crippen LogP contribution in [0.15, 0.2) is 29.6 Å². The summed E-state index contributed by atoms with van der Waals surface area (Å²) in [6.07, 6.45) is 2.45. The number of ether oxygens (including phenoxy) is 1. The molecule has 1 aromatic heterocycles. The van der Waals surface area contributed by atoms with Gasteiger partial charge >= 0.3 is 6.09 Å². The number of aromatic nitrogens is 2. The van der Waals surface area contributed by atoms with Crippen molar-refractivity contribution >= 4 is 28.8 Å². The number of hydrogen-bond donors (Lipinski definition) is 1. The molecule has 0 unspecified atom stereocenters. The van der Waals surface area contributed by atoms with Crippen LogP contribution in [0.4, 0.5) is 4.79 Å². The summed E-state index contributed by atoms with van der Waals surface area (Å²) in [5.41, 5.74) is 0.872. The number of amides is 1. The maximum absolute atomic E-state index is 10.9. The fourth-order valence-corrected chi connectivity index (χ4v) is 3.16. The van der Waals surface area contributed by atoms with Crippen LogP contribution < -0.4 is 4.74 Å². The van der Waals surface area contributed by atoms with Crippen molar-refractivity contribution < 1.29 is 14.6 Å². The van der Waals surface area contributed by atoms with E-state index in [4.69, 9.17) is 9.84 Å². The Bertz CT molecular complexity index is 702. The van der Waals surface area contributed by atoms with Gasteiger partial charge in [0.15, 0.2) is 5.16 Å². The van der Waals surface area contributed by atoms with Gasteiger partial charge < -0.3 is 14.7 Å². The summed E-state index contributed by atoms with van der Waals surface area (Å²) in [6.45, 7) is 3.11. The number of benzene rings is 1. The van der Waals surface area contributed by atoms with Gasteiger partial charge in [-0.15, -0.1) is 0 Å². The Morgan fingerprint density at radius 3 is 2.91 bits per heavy atom. The average Bonchev–Trinajstić information content (AvgIpc) is 2.55. The molecule has 2 aromatic rings. The van der Waals surface area contributed by atoms with E-state index in [1.165, 1.54) is 4.90 Å². The lowest BCUT2D eigenvalue weighted by Gasteiger charge is -2.30.